The summed E-state index contributed by atoms with van der Waals surface area (Å²) in [6.07, 6.45) is 1.27. The summed E-state index contributed by atoms with van der Waals surface area (Å²) in [6, 6.07) is 13.7. The number of rotatable bonds is 6. The summed E-state index contributed by atoms with van der Waals surface area (Å²) in [7, 11) is 0. The lowest BCUT2D eigenvalue weighted by molar-refractivity contribution is -0.122. The van der Waals surface area contributed by atoms with Crippen LogP contribution in [-0.4, -0.2) is 30.4 Å². The molecule has 0 radical (unpaired) electrons. The zero-order valence-electron chi connectivity index (χ0n) is 18.3. The molecule has 1 saturated heterocycles. The first kappa shape index (κ1) is 24.7. The van der Waals surface area contributed by atoms with Crippen molar-refractivity contribution in [3.05, 3.63) is 94.0 Å². The zero-order chi connectivity index (χ0) is 25.8. The van der Waals surface area contributed by atoms with Crippen molar-refractivity contribution in [2.24, 2.45) is 0 Å². The van der Waals surface area contributed by atoms with E-state index in [2.05, 4.69) is 26.6 Å². The van der Waals surface area contributed by atoms with Crippen LogP contribution in [0.2, 0.25) is 0 Å². The average molecular weight is 556 g/mol. The molecule has 0 unspecified atom stereocenters. The van der Waals surface area contributed by atoms with Crippen LogP contribution in [0, 0.1) is 11.6 Å². The molecular formula is C25H16BrF2N3O5. The Balaban J connectivity index is 1.47. The van der Waals surface area contributed by atoms with Crippen LogP contribution in [-0.2, 0) is 14.4 Å². The maximum absolute atomic E-state index is 13.6. The molecule has 5 amide bonds. The summed E-state index contributed by atoms with van der Waals surface area (Å²) < 4.78 is 32.5. The van der Waals surface area contributed by atoms with Gasteiger partial charge in [0.2, 0.25) is 0 Å². The van der Waals surface area contributed by atoms with Crippen molar-refractivity contribution >= 4 is 57.1 Å². The van der Waals surface area contributed by atoms with Gasteiger partial charge in [0.05, 0.1) is 10.2 Å². The van der Waals surface area contributed by atoms with Crippen LogP contribution in [0.25, 0.3) is 6.08 Å². The molecular weight excluding hydrogens is 540 g/mol. The second kappa shape index (κ2) is 10.5. The lowest BCUT2D eigenvalue weighted by atomic mass is 10.1. The van der Waals surface area contributed by atoms with Gasteiger partial charge in [0.1, 0.15) is 23.0 Å². The Morgan fingerprint density at radius 2 is 1.75 bits per heavy atom. The average Bonchev–Trinajstić information content (AvgIpc) is 2.82. The Morgan fingerprint density at radius 3 is 2.44 bits per heavy atom. The van der Waals surface area contributed by atoms with Crippen LogP contribution in [0.5, 0.6) is 5.75 Å². The topological polar surface area (TPSA) is 105 Å². The van der Waals surface area contributed by atoms with E-state index in [0.717, 1.165) is 12.1 Å². The fourth-order valence-corrected chi connectivity index (χ4v) is 3.78. The molecule has 2 N–H and O–H groups in total. The van der Waals surface area contributed by atoms with E-state index in [4.69, 9.17) is 4.74 Å². The number of anilines is 2. The van der Waals surface area contributed by atoms with Crippen molar-refractivity contribution in [3.8, 4) is 5.75 Å². The molecule has 0 aromatic heterocycles. The molecule has 1 aliphatic rings. The summed E-state index contributed by atoms with van der Waals surface area (Å²) in [5, 5.41) is 4.63. The first-order valence-corrected chi connectivity index (χ1v) is 11.2. The third kappa shape index (κ3) is 5.63. The first-order chi connectivity index (χ1) is 17.2. The predicted octanol–water partition coefficient (Wildman–Crippen LogP) is 4.41. The number of hydrogen-bond acceptors (Lipinski definition) is 5. The van der Waals surface area contributed by atoms with Gasteiger partial charge >= 0.3 is 6.03 Å². The van der Waals surface area contributed by atoms with Gasteiger partial charge in [-0.15, -0.1) is 0 Å². The highest BCUT2D eigenvalue weighted by Gasteiger charge is 2.37. The Labute approximate surface area is 211 Å². The van der Waals surface area contributed by atoms with E-state index in [1.165, 1.54) is 54.6 Å². The van der Waals surface area contributed by atoms with Gasteiger partial charge in [-0.05, 0) is 82.2 Å². The molecule has 3 aromatic carbocycles. The summed E-state index contributed by atoms with van der Waals surface area (Å²) in [5.41, 5.74) is 0.460. The highest BCUT2D eigenvalue weighted by atomic mass is 79.9. The van der Waals surface area contributed by atoms with E-state index in [1.54, 1.807) is 6.07 Å². The van der Waals surface area contributed by atoms with Gasteiger partial charge in [-0.2, -0.15) is 0 Å². The number of benzene rings is 3. The number of amides is 5. The highest BCUT2D eigenvalue weighted by molar-refractivity contribution is 9.10. The molecule has 0 spiro atoms. The van der Waals surface area contributed by atoms with E-state index in [1.807, 2.05) is 0 Å². The monoisotopic (exact) mass is 555 g/mol. The van der Waals surface area contributed by atoms with Crippen LogP contribution in [0.15, 0.2) is 76.8 Å². The van der Waals surface area contributed by atoms with Gasteiger partial charge in [0.25, 0.3) is 17.7 Å². The molecule has 1 heterocycles. The van der Waals surface area contributed by atoms with Gasteiger partial charge in [-0.25, -0.2) is 18.5 Å². The van der Waals surface area contributed by atoms with Gasteiger partial charge in [0, 0.05) is 5.69 Å². The van der Waals surface area contributed by atoms with Crippen molar-refractivity contribution in [1.29, 1.82) is 0 Å². The van der Waals surface area contributed by atoms with Crippen molar-refractivity contribution in [2.75, 3.05) is 16.8 Å². The zero-order valence-corrected chi connectivity index (χ0v) is 19.8. The van der Waals surface area contributed by atoms with E-state index in [0.29, 0.717) is 26.4 Å². The number of carbonyl (C=O) groups excluding carboxylic acids is 4. The van der Waals surface area contributed by atoms with E-state index < -0.39 is 35.4 Å². The van der Waals surface area contributed by atoms with Crippen molar-refractivity contribution in [2.45, 2.75) is 0 Å². The summed E-state index contributed by atoms with van der Waals surface area (Å²) in [4.78, 5) is 50.2. The van der Waals surface area contributed by atoms with Crippen LogP contribution >= 0.6 is 15.9 Å². The highest BCUT2D eigenvalue weighted by Crippen LogP contribution is 2.28. The Bertz CT molecular complexity index is 1410. The molecule has 36 heavy (non-hydrogen) atoms. The third-order valence-corrected chi connectivity index (χ3v) is 5.54. The minimum atomic E-state index is -0.989. The SMILES string of the molecule is O=C(COc1ccc(/C=C2\C(=O)NC(=O)N(c3cccc(F)c3)C2=O)cc1Br)Nc1ccc(F)cc1. The number of ether oxygens (including phenoxy) is 1. The second-order valence-corrected chi connectivity index (χ2v) is 8.33. The molecule has 0 saturated carbocycles. The van der Waals surface area contributed by atoms with Crippen LogP contribution in [0.1, 0.15) is 5.56 Å². The normalized spacial score (nSPS) is 14.6. The molecule has 0 atom stereocenters. The summed E-state index contributed by atoms with van der Waals surface area (Å²) in [6.45, 7) is -0.331. The van der Waals surface area contributed by atoms with Crippen molar-refractivity contribution < 1.29 is 32.7 Å². The number of barbiturate groups is 1. The Morgan fingerprint density at radius 1 is 1.00 bits per heavy atom. The molecule has 0 bridgehead atoms. The number of hydrogen-bond donors (Lipinski definition) is 2. The number of carbonyl (C=O) groups is 4. The van der Waals surface area contributed by atoms with Gasteiger partial charge < -0.3 is 10.1 Å². The Kier molecular flexibility index (Phi) is 7.20. The number of imide groups is 2. The summed E-state index contributed by atoms with van der Waals surface area (Å²) >= 11 is 3.31. The first-order valence-electron chi connectivity index (χ1n) is 10.4. The molecule has 1 aliphatic heterocycles. The van der Waals surface area contributed by atoms with Crippen LogP contribution in [0.4, 0.5) is 25.0 Å². The third-order valence-electron chi connectivity index (χ3n) is 4.92. The van der Waals surface area contributed by atoms with Gasteiger partial charge in [-0.1, -0.05) is 12.1 Å². The largest absolute Gasteiger partial charge is 0.483 e. The quantitative estimate of drug-likeness (QED) is 0.346. The molecule has 1 fully saturated rings. The Hall–Kier alpha value is -4.38. The van der Waals surface area contributed by atoms with E-state index in [9.17, 15) is 28.0 Å². The van der Waals surface area contributed by atoms with E-state index >= 15 is 0 Å². The minimum absolute atomic E-state index is 0.0280. The minimum Gasteiger partial charge on any atom is -0.483 e. The fraction of sp³-hybridized carbons (Fsp3) is 0.0400. The lowest BCUT2D eigenvalue weighted by Gasteiger charge is -2.26. The maximum atomic E-state index is 13.6. The van der Waals surface area contributed by atoms with Gasteiger partial charge in [-0.3, -0.25) is 19.7 Å². The van der Waals surface area contributed by atoms with Crippen LogP contribution < -0.4 is 20.3 Å². The second-order valence-electron chi connectivity index (χ2n) is 7.47. The van der Waals surface area contributed by atoms with Gasteiger partial charge in [0.15, 0.2) is 6.61 Å². The predicted molar refractivity (Wildman–Crippen MR) is 130 cm³/mol. The molecule has 0 aliphatic carbocycles. The van der Waals surface area contributed by atoms with Crippen molar-refractivity contribution in [1.82, 2.24) is 5.32 Å². The maximum Gasteiger partial charge on any atom is 0.335 e. The standard InChI is InChI=1S/C25H16BrF2N3O5/c26-20-11-14(4-9-21(20)36-13-22(32)29-17-7-5-15(27)6-8-17)10-19-23(33)30-25(35)31(24(19)34)18-3-1-2-16(28)12-18/h1-12H,13H2,(H,29,32)(H,30,33,35)/b19-10+. The molecule has 8 nitrogen and oxygen atoms in total. The number of nitrogens with one attached hydrogen (secondary N) is 2. The van der Waals surface area contributed by atoms with Crippen LogP contribution in [0.3, 0.4) is 0 Å². The number of urea groups is 1. The lowest BCUT2D eigenvalue weighted by Crippen LogP contribution is -2.54. The van der Waals surface area contributed by atoms with Crippen molar-refractivity contribution in [3.63, 3.8) is 0 Å². The number of nitrogens with zero attached hydrogens (tertiary/aromatic N) is 1. The smallest absolute Gasteiger partial charge is 0.335 e. The molecule has 4 rings (SSSR count). The molecule has 11 heteroatoms. The summed E-state index contributed by atoms with van der Waals surface area (Å²) in [5.74, 6) is -3.05. The fourth-order valence-electron chi connectivity index (χ4n) is 3.27. The molecule has 182 valence electrons. The van der Waals surface area contributed by atoms with E-state index in [-0.39, 0.29) is 17.9 Å². The molecule has 3 aromatic rings. The number of halogens is 3.